The van der Waals surface area contributed by atoms with Gasteiger partial charge in [0.05, 0.1) is 30.2 Å². The summed E-state index contributed by atoms with van der Waals surface area (Å²) in [4.78, 5) is 10.4. The minimum atomic E-state index is 0.131. The van der Waals surface area contributed by atoms with Crippen LogP contribution in [0.5, 0.6) is 5.88 Å². The van der Waals surface area contributed by atoms with Crippen LogP contribution in [-0.2, 0) is 4.74 Å². The largest absolute Gasteiger partial charge is 0.480 e. The lowest BCUT2D eigenvalue weighted by Crippen LogP contribution is -2.32. The average Bonchev–Trinajstić information content (AvgIpc) is 2.39. The maximum atomic E-state index is 7.29. The van der Waals surface area contributed by atoms with E-state index in [1.165, 1.54) is 0 Å². The van der Waals surface area contributed by atoms with E-state index in [1.807, 2.05) is 4.90 Å². The van der Waals surface area contributed by atoms with Crippen molar-refractivity contribution in [2.24, 2.45) is 5.73 Å². The fraction of sp³-hybridized carbons (Fsp3) is 0.545. The second kappa shape index (κ2) is 7.90. The molecule has 0 bridgehead atoms. The Morgan fingerprint density at radius 1 is 1.47 bits per heavy atom. The highest BCUT2D eigenvalue weighted by Crippen LogP contribution is 2.23. The van der Waals surface area contributed by atoms with Crippen LogP contribution in [0, 0.1) is 5.41 Å². The lowest BCUT2D eigenvalue weighted by atomic mass is 10.3. The van der Waals surface area contributed by atoms with Gasteiger partial charge in [0.15, 0.2) is 0 Å². The van der Waals surface area contributed by atoms with Gasteiger partial charge in [-0.1, -0.05) is 0 Å². The Kier molecular flexibility index (Phi) is 6.51. The molecule has 1 heterocycles. The van der Waals surface area contributed by atoms with Crippen molar-refractivity contribution in [3.8, 4) is 5.88 Å². The van der Waals surface area contributed by atoms with E-state index in [-0.39, 0.29) is 5.84 Å². The SMILES string of the molecule is COCCN(CCC(=N)N)c1ncc(Br)c(OC)n1. The third-order valence-electron chi connectivity index (χ3n) is 2.39. The zero-order valence-electron chi connectivity index (χ0n) is 11.0. The van der Waals surface area contributed by atoms with Gasteiger partial charge in [0.25, 0.3) is 0 Å². The van der Waals surface area contributed by atoms with Crippen molar-refractivity contribution in [2.45, 2.75) is 6.42 Å². The van der Waals surface area contributed by atoms with Gasteiger partial charge in [0.2, 0.25) is 11.8 Å². The summed E-state index contributed by atoms with van der Waals surface area (Å²) in [6.45, 7) is 1.72. The minimum absolute atomic E-state index is 0.131. The Morgan fingerprint density at radius 2 is 2.21 bits per heavy atom. The lowest BCUT2D eigenvalue weighted by molar-refractivity contribution is 0.205. The molecule has 0 saturated heterocycles. The van der Waals surface area contributed by atoms with E-state index in [0.29, 0.717) is 42.4 Å². The smallest absolute Gasteiger partial charge is 0.232 e. The van der Waals surface area contributed by atoms with Crippen LogP contribution < -0.4 is 15.4 Å². The molecule has 0 atom stereocenters. The molecule has 0 radical (unpaired) electrons. The van der Waals surface area contributed by atoms with Gasteiger partial charge in [-0.3, -0.25) is 5.41 Å². The van der Waals surface area contributed by atoms with Gasteiger partial charge in [0.1, 0.15) is 0 Å². The number of halogens is 1. The van der Waals surface area contributed by atoms with Crippen LogP contribution in [0.25, 0.3) is 0 Å². The molecule has 0 aliphatic heterocycles. The predicted molar refractivity (Wildman–Crippen MR) is 76.9 cm³/mol. The number of amidine groups is 1. The highest BCUT2D eigenvalue weighted by atomic mass is 79.9. The van der Waals surface area contributed by atoms with Crippen molar-refractivity contribution in [1.29, 1.82) is 5.41 Å². The summed E-state index contributed by atoms with van der Waals surface area (Å²) in [7, 11) is 3.18. The van der Waals surface area contributed by atoms with Gasteiger partial charge in [-0.2, -0.15) is 4.98 Å². The predicted octanol–water partition coefficient (Wildman–Crippen LogP) is 1.03. The van der Waals surface area contributed by atoms with Crippen molar-refractivity contribution in [1.82, 2.24) is 9.97 Å². The van der Waals surface area contributed by atoms with Crippen LogP contribution in [0.3, 0.4) is 0 Å². The molecule has 0 fully saturated rings. The van der Waals surface area contributed by atoms with Crippen molar-refractivity contribution < 1.29 is 9.47 Å². The average molecular weight is 332 g/mol. The van der Waals surface area contributed by atoms with Crippen LogP contribution in [0.4, 0.5) is 5.95 Å². The van der Waals surface area contributed by atoms with Crippen LogP contribution in [0.2, 0.25) is 0 Å². The van der Waals surface area contributed by atoms with Crippen molar-refractivity contribution in [3.05, 3.63) is 10.7 Å². The normalized spacial score (nSPS) is 10.3. The number of nitrogens with one attached hydrogen (secondary N) is 1. The van der Waals surface area contributed by atoms with E-state index in [2.05, 4.69) is 25.9 Å². The van der Waals surface area contributed by atoms with Gasteiger partial charge >= 0.3 is 0 Å². The van der Waals surface area contributed by atoms with Crippen molar-refractivity contribution in [3.63, 3.8) is 0 Å². The molecule has 0 saturated carbocycles. The molecule has 3 N–H and O–H groups in total. The van der Waals surface area contributed by atoms with Crippen LogP contribution >= 0.6 is 15.9 Å². The second-order valence-electron chi connectivity index (χ2n) is 3.78. The van der Waals surface area contributed by atoms with Crippen molar-refractivity contribution >= 4 is 27.7 Å². The highest BCUT2D eigenvalue weighted by Gasteiger charge is 2.13. The summed E-state index contributed by atoms with van der Waals surface area (Å²) in [6, 6.07) is 0. The second-order valence-corrected chi connectivity index (χ2v) is 4.64. The molecule has 106 valence electrons. The maximum absolute atomic E-state index is 7.29. The van der Waals surface area contributed by atoms with Gasteiger partial charge in [0, 0.05) is 26.6 Å². The summed E-state index contributed by atoms with van der Waals surface area (Å²) in [6.07, 6.45) is 2.08. The van der Waals surface area contributed by atoms with Crippen LogP contribution in [-0.4, -0.2) is 49.7 Å². The maximum Gasteiger partial charge on any atom is 0.232 e. The molecule has 0 aliphatic carbocycles. The molecule has 7 nitrogen and oxygen atoms in total. The zero-order valence-corrected chi connectivity index (χ0v) is 12.6. The summed E-state index contributed by atoms with van der Waals surface area (Å²) in [5, 5.41) is 7.29. The topological polar surface area (TPSA) is 97.4 Å². The number of rotatable bonds is 8. The number of methoxy groups -OCH3 is 2. The molecule has 0 aromatic carbocycles. The van der Waals surface area contributed by atoms with Gasteiger partial charge < -0.3 is 20.1 Å². The van der Waals surface area contributed by atoms with E-state index in [9.17, 15) is 0 Å². The molecule has 0 spiro atoms. The lowest BCUT2D eigenvalue weighted by Gasteiger charge is -2.22. The summed E-state index contributed by atoms with van der Waals surface area (Å²) in [5.74, 6) is 1.13. The monoisotopic (exact) mass is 331 g/mol. The Morgan fingerprint density at radius 3 is 2.79 bits per heavy atom. The van der Waals surface area contributed by atoms with Crippen LogP contribution in [0.15, 0.2) is 10.7 Å². The minimum Gasteiger partial charge on any atom is -0.480 e. The third kappa shape index (κ3) is 4.99. The molecule has 8 heteroatoms. The molecular weight excluding hydrogens is 314 g/mol. The number of ether oxygens (including phenoxy) is 2. The van der Waals surface area contributed by atoms with Crippen LogP contribution in [0.1, 0.15) is 6.42 Å². The number of anilines is 1. The highest BCUT2D eigenvalue weighted by molar-refractivity contribution is 9.10. The molecule has 0 amide bonds. The molecule has 1 aromatic rings. The first-order valence-corrected chi connectivity index (χ1v) is 6.51. The Balaban J connectivity index is 2.85. The quantitative estimate of drug-likeness (QED) is 0.545. The summed E-state index contributed by atoms with van der Waals surface area (Å²) in [5.41, 5.74) is 5.38. The van der Waals surface area contributed by atoms with E-state index < -0.39 is 0 Å². The molecule has 1 aromatic heterocycles. The number of hydrogen-bond acceptors (Lipinski definition) is 6. The standard InChI is InChI=1S/C11H18BrN5O2/c1-18-6-5-17(4-3-9(13)14)11-15-7-8(12)10(16-11)19-2/h7H,3-6H2,1-2H3,(H3,13,14). The van der Waals surface area contributed by atoms with E-state index >= 15 is 0 Å². The first-order valence-electron chi connectivity index (χ1n) is 5.71. The van der Waals surface area contributed by atoms with E-state index in [1.54, 1.807) is 20.4 Å². The van der Waals surface area contributed by atoms with E-state index in [4.69, 9.17) is 20.6 Å². The first-order chi connectivity index (χ1) is 9.08. The first kappa shape index (κ1) is 15.6. The summed E-state index contributed by atoms with van der Waals surface area (Å²) < 4.78 is 10.9. The Labute approximate surface area is 120 Å². The zero-order chi connectivity index (χ0) is 14.3. The Hall–Kier alpha value is -1.41. The van der Waals surface area contributed by atoms with Gasteiger partial charge in [-0.05, 0) is 15.9 Å². The van der Waals surface area contributed by atoms with Crippen molar-refractivity contribution in [2.75, 3.05) is 38.8 Å². The molecule has 1 rings (SSSR count). The Bertz CT molecular complexity index is 430. The van der Waals surface area contributed by atoms with E-state index in [0.717, 1.165) is 0 Å². The fourth-order valence-corrected chi connectivity index (χ4v) is 1.76. The number of hydrogen-bond donors (Lipinski definition) is 2. The number of nitrogens with zero attached hydrogens (tertiary/aromatic N) is 3. The molecule has 0 aliphatic rings. The molecule has 19 heavy (non-hydrogen) atoms. The van der Waals surface area contributed by atoms with Gasteiger partial charge in [-0.15, -0.1) is 0 Å². The summed E-state index contributed by atoms with van der Waals surface area (Å²) >= 11 is 3.31. The number of nitrogens with two attached hydrogens (primary N) is 1. The molecular formula is C11H18BrN5O2. The van der Waals surface area contributed by atoms with Gasteiger partial charge in [-0.25, -0.2) is 4.98 Å². The molecule has 0 unspecified atom stereocenters. The fourth-order valence-electron chi connectivity index (χ4n) is 1.41. The number of aromatic nitrogens is 2. The third-order valence-corrected chi connectivity index (χ3v) is 2.94.